The zero-order valence-electron chi connectivity index (χ0n) is 10.4. The maximum Gasteiger partial charge on any atom is 0.122 e. The number of methoxy groups -OCH3 is 1. The molecule has 0 aromatic heterocycles. The number of para-hydroxylation sites is 1. The first-order chi connectivity index (χ1) is 7.47. The summed E-state index contributed by atoms with van der Waals surface area (Å²) in [5.41, 5.74) is 1.42. The highest BCUT2D eigenvalue weighted by Gasteiger charge is 2.17. The zero-order chi connectivity index (χ0) is 12.6. The summed E-state index contributed by atoms with van der Waals surface area (Å²) < 4.78 is 5.27. The van der Waals surface area contributed by atoms with Gasteiger partial charge in [-0.3, -0.25) is 0 Å². The van der Waals surface area contributed by atoms with Crippen molar-refractivity contribution in [3.05, 3.63) is 29.8 Å². The summed E-state index contributed by atoms with van der Waals surface area (Å²) in [6.45, 7) is 6.40. The fourth-order valence-electron chi connectivity index (χ4n) is 1.26. The van der Waals surface area contributed by atoms with E-state index in [0.717, 1.165) is 5.75 Å². The van der Waals surface area contributed by atoms with Crippen molar-refractivity contribution < 1.29 is 9.84 Å². The maximum atomic E-state index is 7.64. The molecule has 0 aliphatic carbocycles. The summed E-state index contributed by atoms with van der Waals surface area (Å²) in [6, 6.07) is 8.15. The second-order valence-electron chi connectivity index (χ2n) is 4.31. The monoisotopic (exact) mass is 220 g/mol. The van der Waals surface area contributed by atoms with Gasteiger partial charge in [-0.05, 0) is 17.0 Å². The quantitative estimate of drug-likeness (QED) is 0.737. The Bertz CT molecular complexity index is 342. The first-order valence-corrected chi connectivity index (χ1v) is 5.15. The lowest BCUT2D eigenvalue weighted by Crippen LogP contribution is -2.12. The number of aliphatic hydroxyl groups is 1. The molecule has 0 saturated carbocycles. The number of hydrogen-bond donors (Lipinski definition) is 1. The van der Waals surface area contributed by atoms with Gasteiger partial charge >= 0.3 is 0 Å². The molecule has 88 valence electrons. The van der Waals surface area contributed by atoms with Crippen molar-refractivity contribution in [1.82, 2.24) is 0 Å². The normalized spacial score (nSPS) is 9.75. The van der Waals surface area contributed by atoms with Crippen LogP contribution in [-0.2, 0) is 5.41 Å². The summed E-state index contributed by atoms with van der Waals surface area (Å²) >= 11 is 0. The van der Waals surface area contributed by atoms with E-state index in [2.05, 4.69) is 33.3 Å². The van der Waals surface area contributed by atoms with E-state index in [-0.39, 0.29) is 12.0 Å². The molecular formula is C14H20O2. The van der Waals surface area contributed by atoms with Gasteiger partial charge in [-0.1, -0.05) is 44.9 Å². The maximum absolute atomic E-state index is 7.64. The minimum absolute atomic E-state index is 0.153. The van der Waals surface area contributed by atoms with Crippen LogP contribution in [0.3, 0.4) is 0 Å². The van der Waals surface area contributed by atoms with Crippen LogP contribution in [0.2, 0.25) is 0 Å². The van der Waals surface area contributed by atoms with Gasteiger partial charge in [-0.15, -0.1) is 6.42 Å². The molecule has 0 aliphatic heterocycles. The standard InChI is InChI=1S/C11H16O.C3H4O/c1-11(2,3)9-7-5-6-8-10(9)12-4;1-2-3-4/h5-8H,1-4H3;1,4H,3H2. The average Bonchev–Trinajstić information content (AvgIpc) is 2.28. The van der Waals surface area contributed by atoms with Gasteiger partial charge < -0.3 is 9.84 Å². The Morgan fingerprint density at radius 2 is 1.81 bits per heavy atom. The number of terminal acetylenes is 1. The predicted molar refractivity (Wildman–Crippen MR) is 67.6 cm³/mol. The molecule has 0 heterocycles. The van der Waals surface area contributed by atoms with Crippen LogP contribution >= 0.6 is 0 Å². The summed E-state index contributed by atoms with van der Waals surface area (Å²) in [5, 5.41) is 7.64. The highest BCUT2D eigenvalue weighted by atomic mass is 16.5. The summed E-state index contributed by atoms with van der Waals surface area (Å²) in [4.78, 5) is 0. The molecule has 1 rings (SSSR count). The van der Waals surface area contributed by atoms with Gasteiger partial charge in [-0.25, -0.2) is 0 Å². The molecular weight excluding hydrogens is 200 g/mol. The Morgan fingerprint density at radius 1 is 1.31 bits per heavy atom. The first kappa shape index (κ1) is 14.5. The number of rotatable bonds is 1. The van der Waals surface area contributed by atoms with E-state index in [0.29, 0.717) is 0 Å². The number of ether oxygens (including phenoxy) is 1. The highest BCUT2D eigenvalue weighted by Crippen LogP contribution is 2.30. The second kappa shape index (κ2) is 6.92. The van der Waals surface area contributed by atoms with Gasteiger partial charge in [-0.2, -0.15) is 0 Å². The van der Waals surface area contributed by atoms with Gasteiger partial charge in [0.15, 0.2) is 0 Å². The Hall–Kier alpha value is -1.46. The minimum atomic E-state index is -0.153. The molecule has 0 spiro atoms. The average molecular weight is 220 g/mol. The molecule has 0 amide bonds. The molecule has 2 heteroatoms. The van der Waals surface area contributed by atoms with Crippen LogP contribution in [0.5, 0.6) is 5.75 Å². The molecule has 0 unspecified atom stereocenters. The number of benzene rings is 1. The van der Waals surface area contributed by atoms with Crippen LogP contribution < -0.4 is 4.74 Å². The van der Waals surface area contributed by atoms with Gasteiger partial charge in [0.05, 0.1) is 7.11 Å². The van der Waals surface area contributed by atoms with E-state index in [1.165, 1.54) is 5.56 Å². The third-order valence-electron chi connectivity index (χ3n) is 2.01. The fraction of sp³-hybridized carbons (Fsp3) is 0.429. The minimum Gasteiger partial charge on any atom is -0.496 e. The van der Waals surface area contributed by atoms with Crippen molar-refractivity contribution in [3.8, 4) is 18.1 Å². The first-order valence-electron chi connectivity index (χ1n) is 5.15. The SMILES string of the molecule is C#CCO.COc1ccccc1C(C)(C)C. The third-order valence-corrected chi connectivity index (χ3v) is 2.01. The summed E-state index contributed by atoms with van der Waals surface area (Å²) in [6.07, 6.45) is 4.53. The van der Waals surface area contributed by atoms with Crippen LogP contribution in [0.15, 0.2) is 24.3 Å². The molecule has 0 bridgehead atoms. The molecule has 0 fully saturated rings. The lowest BCUT2D eigenvalue weighted by Gasteiger charge is -2.21. The van der Waals surface area contributed by atoms with Crippen molar-refractivity contribution in [2.24, 2.45) is 0 Å². The van der Waals surface area contributed by atoms with Crippen molar-refractivity contribution in [2.45, 2.75) is 26.2 Å². The van der Waals surface area contributed by atoms with Crippen molar-refractivity contribution in [3.63, 3.8) is 0 Å². The Labute approximate surface area is 98.3 Å². The third kappa shape index (κ3) is 4.86. The molecule has 1 N–H and O–H groups in total. The van der Waals surface area contributed by atoms with Crippen LogP contribution in [-0.4, -0.2) is 18.8 Å². The van der Waals surface area contributed by atoms with E-state index in [1.807, 2.05) is 24.1 Å². The van der Waals surface area contributed by atoms with Crippen molar-refractivity contribution >= 4 is 0 Å². The number of hydrogen-bond acceptors (Lipinski definition) is 2. The van der Waals surface area contributed by atoms with Crippen molar-refractivity contribution in [1.29, 1.82) is 0 Å². The van der Waals surface area contributed by atoms with Crippen LogP contribution in [0.25, 0.3) is 0 Å². The summed E-state index contributed by atoms with van der Waals surface area (Å²) in [5.74, 6) is 2.96. The molecule has 2 nitrogen and oxygen atoms in total. The van der Waals surface area contributed by atoms with Gasteiger partial charge in [0.1, 0.15) is 12.4 Å². The molecule has 0 aliphatic rings. The molecule has 16 heavy (non-hydrogen) atoms. The zero-order valence-corrected chi connectivity index (χ0v) is 10.4. The highest BCUT2D eigenvalue weighted by molar-refractivity contribution is 5.38. The molecule has 0 radical (unpaired) electrons. The van der Waals surface area contributed by atoms with E-state index >= 15 is 0 Å². The molecule has 1 aromatic carbocycles. The Kier molecular flexibility index (Phi) is 6.29. The van der Waals surface area contributed by atoms with Gasteiger partial charge in [0.2, 0.25) is 0 Å². The lowest BCUT2D eigenvalue weighted by atomic mass is 9.86. The number of aliphatic hydroxyl groups excluding tert-OH is 1. The summed E-state index contributed by atoms with van der Waals surface area (Å²) in [7, 11) is 1.71. The van der Waals surface area contributed by atoms with E-state index < -0.39 is 0 Å². The van der Waals surface area contributed by atoms with Crippen LogP contribution in [0.4, 0.5) is 0 Å². The smallest absolute Gasteiger partial charge is 0.122 e. The molecule has 0 atom stereocenters. The topological polar surface area (TPSA) is 29.5 Å². The largest absolute Gasteiger partial charge is 0.496 e. The Balaban J connectivity index is 0.000000487. The van der Waals surface area contributed by atoms with Crippen LogP contribution in [0, 0.1) is 12.3 Å². The predicted octanol–water partition coefficient (Wildman–Crippen LogP) is 2.60. The lowest BCUT2D eigenvalue weighted by molar-refractivity contribution is 0.351. The van der Waals surface area contributed by atoms with E-state index in [9.17, 15) is 0 Å². The molecule has 0 saturated heterocycles. The van der Waals surface area contributed by atoms with E-state index in [1.54, 1.807) is 7.11 Å². The van der Waals surface area contributed by atoms with Gasteiger partial charge in [0.25, 0.3) is 0 Å². The second-order valence-corrected chi connectivity index (χ2v) is 4.31. The van der Waals surface area contributed by atoms with Gasteiger partial charge in [0, 0.05) is 0 Å². The fourth-order valence-corrected chi connectivity index (χ4v) is 1.26. The Morgan fingerprint density at radius 3 is 2.12 bits per heavy atom. The molecule has 1 aromatic rings. The van der Waals surface area contributed by atoms with E-state index in [4.69, 9.17) is 9.84 Å². The van der Waals surface area contributed by atoms with Crippen LogP contribution in [0.1, 0.15) is 26.3 Å². The van der Waals surface area contributed by atoms with Crippen molar-refractivity contribution in [2.75, 3.05) is 13.7 Å².